The maximum atomic E-state index is 7.05. The van der Waals surface area contributed by atoms with Crippen LogP contribution >= 0.6 is 0 Å². The van der Waals surface area contributed by atoms with Crippen molar-refractivity contribution in [2.75, 3.05) is 0 Å². The highest BCUT2D eigenvalue weighted by atomic mass is 16.3. The van der Waals surface area contributed by atoms with Crippen LogP contribution in [0.4, 0.5) is 0 Å². The van der Waals surface area contributed by atoms with E-state index in [0.29, 0.717) is 0 Å². The molecule has 2 heterocycles. The van der Waals surface area contributed by atoms with Crippen LogP contribution in [0.5, 0.6) is 0 Å². The molecule has 0 saturated heterocycles. The third-order valence-electron chi connectivity index (χ3n) is 11.0. The minimum atomic E-state index is 0.885. The molecule has 0 amide bonds. The largest absolute Gasteiger partial charge is 0.456 e. The Kier molecular flexibility index (Phi) is 5.00. The van der Waals surface area contributed by atoms with Gasteiger partial charge >= 0.3 is 0 Å². The van der Waals surface area contributed by atoms with Crippen molar-refractivity contribution in [3.05, 3.63) is 158 Å². The van der Waals surface area contributed by atoms with Gasteiger partial charge in [-0.1, -0.05) is 121 Å². The van der Waals surface area contributed by atoms with Crippen LogP contribution < -0.4 is 0 Å². The molecule has 2 aromatic heterocycles. The van der Waals surface area contributed by atoms with Gasteiger partial charge in [0, 0.05) is 32.5 Å². The van der Waals surface area contributed by atoms with Crippen LogP contribution in [-0.4, -0.2) is 0 Å². The van der Waals surface area contributed by atoms with Crippen LogP contribution in [0.2, 0.25) is 0 Å². The molecule has 12 aromatic rings. The molecule has 0 fully saturated rings. The van der Waals surface area contributed by atoms with E-state index in [0.717, 1.165) is 60.4 Å². The van der Waals surface area contributed by atoms with Gasteiger partial charge in [0.15, 0.2) is 0 Å². The van der Waals surface area contributed by atoms with Crippen molar-refractivity contribution in [3.63, 3.8) is 0 Å². The molecule has 0 aliphatic carbocycles. The Morgan fingerprint density at radius 3 is 1.80 bits per heavy atom. The van der Waals surface area contributed by atoms with E-state index in [9.17, 15) is 0 Å². The Morgan fingerprint density at radius 1 is 0.280 bits per heavy atom. The van der Waals surface area contributed by atoms with Crippen LogP contribution in [0, 0.1) is 0 Å². The molecule has 50 heavy (non-hydrogen) atoms. The van der Waals surface area contributed by atoms with E-state index in [4.69, 9.17) is 8.83 Å². The number of rotatable bonds is 2. The Balaban J connectivity index is 1.18. The first-order valence-electron chi connectivity index (χ1n) is 17.2. The van der Waals surface area contributed by atoms with Crippen molar-refractivity contribution < 1.29 is 8.83 Å². The summed E-state index contributed by atoms with van der Waals surface area (Å²) in [5, 5.41) is 16.9. The fourth-order valence-corrected chi connectivity index (χ4v) is 8.66. The molecule has 2 nitrogen and oxygen atoms in total. The van der Waals surface area contributed by atoms with Crippen molar-refractivity contribution >= 4 is 97.7 Å². The molecule has 12 rings (SSSR count). The second kappa shape index (κ2) is 9.49. The minimum absolute atomic E-state index is 0.885. The number of benzene rings is 10. The maximum Gasteiger partial charge on any atom is 0.143 e. The quantitative estimate of drug-likeness (QED) is 0.177. The highest BCUT2D eigenvalue weighted by Gasteiger charge is 2.21. The Labute approximate surface area is 285 Å². The fraction of sp³-hybridized carbons (Fsp3) is 0. The SMILES string of the molecule is c1ccc2cc3c(cc2c1)oc1ccc(-c2ccc(-c4ccc5ccc6cccc7ccc4c5c67)c4c2oc2c5ccccc5ccc24)cc13. The molecule has 10 aromatic carbocycles. The molecule has 2 heteroatoms. The van der Waals surface area contributed by atoms with Crippen LogP contribution in [0.25, 0.3) is 120 Å². The summed E-state index contributed by atoms with van der Waals surface area (Å²) in [6.07, 6.45) is 0. The van der Waals surface area contributed by atoms with E-state index >= 15 is 0 Å². The lowest BCUT2D eigenvalue weighted by Crippen LogP contribution is -1.89. The third kappa shape index (κ3) is 3.47. The zero-order chi connectivity index (χ0) is 32.5. The van der Waals surface area contributed by atoms with Crippen molar-refractivity contribution in [1.29, 1.82) is 0 Å². The van der Waals surface area contributed by atoms with Gasteiger partial charge in [-0.2, -0.15) is 0 Å². The molecular weight excluding hydrogens is 609 g/mol. The van der Waals surface area contributed by atoms with E-state index in [1.807, 2.05) is 0 Å². The van der Waals surface area contributed by atoms with Gasteiger partial charge in [0.1, 0.15) is 22.3 Å². The van der Waals surface area contributed by atoms with Gasteiger partial charge < -0.3 is 8.83 Å². The summed E-state index contributed by atoms with van der Waals surface area (Å²) >= 11 is 0. The number of furan rings is 2. The smallest absolute Gasteiger partial charge is 0.143 e. The lowest BCUT2D eigenvalue weighted by molar-refractivity contribution is 0.669. The van der Waals surface area contributed by atoms with Gasteiger partial charge in [0.2, 0.25) is 0 Å². The van der Waals surface area contributed by atoms with Gasteiger partial charge in [-0.05, 0) is 102 Å². The van der Waals surface area contributed by atoms with Gasteiger partial charge in [0.05, 0.1) is 0 Å². The average Bonchev–Trinajstić information content (AvgIpc) is 3.74. The van der Waals surface area contributed by atoms with Crippen LogP contribution in [0.15, 0.2) is 167 Å². The summed E-state index contributed by atoms with van der Waals surface area (Å²) in [5.74, 6) is 0. The number of fused-ring (bicyclic) bond motifs is 9. The first-order valence-corrected chi connectivity index (χ1v) is 17.2. The highest BCUT2D eigenvalue weighted by Crippen LogP contribution is 2.47. The molecule has 0 aliphatic heterocycles. The van der Waals surface area contributed by atoms with E-state index in [1.54, 1.807) is 0 Å². The van der Waals surface area contributed by atoms with Gasteiger partial charge in [-0.3, -0.25) is 0 Å². The first kappa shape index (κ1) is 26.3. The van der Waals surface area contributed by atoms with E-state index < -0.39 is 0 Å². The Bertz CT molecular complexity index is 3360. The summed E-state index contributed by atoms with van der Waals surface area (Å²) < 4.78 is 13.4. The second-order valence-electron chi connectivity index (χ2n) is 13.6. The predicted molar refractivity (Wildman–Crippen MR) is 211 cm³/mol. The molecule has 0 N–H and O–H groups in total. The van der Waals surface area contributed by atoms with E-state index in [2.05, 4.69) is 158 Å². The van der Waals surface area contributed by atoms with Gasteiger partial charge in [0.25, 0.3) is 0 Å². The Morgan fingerprint density at radius 2 is 0.920 bits per heavy atom. The molecule has 0 saturated carbocycles. The fourth-order valence-electron chi connectivity index (χ4n) is 8.66. The molecule has 0 unspecified atom stereocenters. The standard InChI is InChI=1S/C48H26O2/c1-2-8-32-26-43-41(24-31(32)7-1)40-25-33(17-23-42(40)49-43)35-21-22-38(46-39-20-14-27-6-3-4-11-34(27)47(39)50-48(35)46)36-18-15-30-13-12-28-9-5-10-29-16-19-37(36)45(30)44(28)29/h1-26H. The van der Waals surface area contributed by atoms with Crippen molar-refractivity contribution in [2.45, 2.75) is 0 Å². The molecule has 0 spiro atoms. The first-order chi connectivity index (χ1) is 24.8. The van der Waals surface area contributed by atoms with Crippen molar-refractivity contribution in [1.82, 2.24) is 0 Å². The maximum absolute atomic E-state index is 7.05. The zero-order valence-corrected chi connectivity index (χ0v) is 26.8. The second-order valence-corrected chi connectivity index (χ2v) is 13.6. The molecular formula is C48H26O2. The van der Waals surface area contributed by atoms with E-state index in [-0.39, 0.29) is 0 Å². The summed E-state index contributed by atoms with van der Waals surface area (Å²) in [5.41, 5.74) is 8.17. The van der Waals surface area contributed by atoms with Gasteiger partial charge in [-0.15, -0.1) is 0 Å². The average molecular weight is 635 g/mol. The monoisotopic (exact) mass is 634 g/mol. The topological polar surface area (TPSA) is 26.3 Å². The van der Waals surface area contributed by atoms with Crippen LogP contribution in [0.3, 0.4) is 0 Å². The molecule has 0 bridgehead atoms. The lowest BCUT2D eigenvalue weighted by atomic mass is 9.87. The van der Waals surface area contributed by atoms with Gasteiger partial charge in [-0.25, -0.2) is 0 Å². The summed E-state index contributed by atoms with van der Waals surface area (Å²) in [6.45, 7) is 0. The lowest BCUT2D eigenvalue weighted by Gasteiger charge is -2.15. The van der Waals surface area contributed by atoms with Crippen molar-refractivity contribution in [3.8, 4) is 22.3 Å². The molecule has 230 valence electrons. The third-order valence-corrected chi connectivity index (χ3v) is 11.0. The van der Waals surface area contributed by atoms with Crippen LogP contribution in [0.1, 0.15) is 0 Å². The highest BCUT2D eigenvalue weighted by molar-refractivity contribution is 6.28. The molecule has 0 radical (unpaired) electrons. The number of hydrogen-bond donors (Lipinski definition) is 0. The van der Waals surface area contributed by atoms with Crippen LogP contribution in [-0.2, 0) is 0 Å². The zero-order valence-electron chi connectivity index (χ0n) is 26.8. The summed E-state index contributed by atoms with van der Waals surface area (Å²) in [4.78, 5) is 0. The minimum Gasteiger partial charge on any atom is -0.456 e. The molecule has 0 atom stereocenters. The van der Waals surface area contributed by atoms with E-state index in [1.165, 1.54) is 59.6 Å². The van der Waals surface area contributed by atoms with Crippen molar-refractivity contribution in [2.24, 2.45) is 0 Å². The normalized spacial score (nSPS) is 12.4. The predicted octanol–water partition coefficient (Wildman–Crippen LogP) is 14.0. The summed E-state index contributed by atoms with van der Waals surface area (Å²) in [7, 11) is 0. The Hall–Kier alpha value is -6.64. The number of hydrogen-bond acceptors (Lipinski definition) is 2. The summed E-state index contributed by atoms with van der Waals surface area (Å²) in [6, 6.07) is 57.2. The molecule has 0 aliphatic rings.